The second-order valence-corrected chi connectivity index (χ2v) is 7.05. The molecule has 0 atom stereocenters. The molecule has 0 fully saturated rings. The van der Waals surface area contributed by atoms with Gasteiger partial charge >= 0.3 is 0 Å². The van der Waals surface area contributed by atoms with Crippen LogP contribution < -0.4 is 5.32 Å². The molecule has 1 amide bonds. The summed E-state index contributed by atoms with van der Waals surface area (Å²) < 4.78 is 35.8. The van der Waals surface area contributed by atoms with Gasteiger partial charge in [0.05, 0.1) is 17.4 Å². The molecule has 0 radical (unpaired) electrons. The molecule has 0 bridgehead atoms. The fourth-order valence-corrected chi connectivity index (χ4v) is 2.64. The van der Waals surface area contributed by atoms with Crippen LogP contribution in [0.5, 0.6) is 0 Å². The fourth-order valence-electron chi connectivity index (χ4n) is 1.55. The summed E-state index contributed by atoms with van der Waals surface area (Å²) in [7, 11) is -3.38. The fraction of sp³-hybridized carbons (Fsp3) is 0.0769. The number of halogens is 2. The van der Waals surface area contributed by atoms with Crippen molar-refractivity contribution >= 4 is 37.4 Å². The first kappa shape index (κ1) is 15.6. The van der Waals surface area contributed by atoms with E-state index in [2.05, 4.69) is 26.2 Å². The summed E-state index contributed by atoms with van der Waals surface area (Å²) >= 11 is 3.10. The average molecular weight is 373 g/mol. The van der Waals surface area contributed by atoms with Gasteiger partial charge in [0.15, 0.2) is 14.9 Å². The van der Waals surface area contributed by atoms with Crippen LogP contribution in [0.25, 0.3) is 0 Å². The Morgan fingerprint density at radius 2 is 2.00 bits per heavy atom. The Morgan fingerprint density at radius 3 is 2.52 bits per heavy atom. The molecule has 0 aliphatic rings. The van der Waals surface area contributed by atoms with Crippen molar-refractivity contribution in [3.8, 4) is 0 Å². The van der Waals surface area contributed by atoms with Gasteiger partial charge in [-0.05, 0) is 46.3 Å². The Hall–Kier alpha value is -1.80. The number of hydrogen-bond donors (Lipinski definition) is 1. The third-order valence-electron chi connectivity index (χ3n) is 2.55. The number of anilines is 1. The molecule has 2 aromatic rings. The topological polar surface area (TPSA) is 76.1 Å². The highest BCUT2D eigenvalue weighted by Gasteiger charge is 2.12. The van der Waals surface area contributed by atoms with E-state index in [0.717, 1.165) is 6.26 Å². The molecule has 110 valence electrons. The zero-order valence-corrected chi connectivity index (χ0v) is 13.2. The first-order valence-corrected chi connectivity index (χ1v) is 8.38. The summed E-state index contributed by atoms with van der Waals surface area (Å²) in [5.74, 6) is -0.923. The highest BCUT2D eigenvalue weighted by Crippen LogP contribution is 2.19. The van der Waals surface area contributed by atoms with Crippen LogP contribution in [0.15, 0.2) is 46.0 Å². The lowest BCUT2D eigenvalue weighted by Gasteiger charge is -2.07. The van der Waals surface area contributed by atoms with Crippen molar-refractivity contribution in [2.75, 3.05) is 11.6 Å². The molecule has 0 aliphatic heterocycles. The molecule has 1 aromatic heterocycles. The Labute approximate surface area is 129 Å². The number of nitrogens with one attached hydrogen (secondary N) is 1. The zero-order chi connectivity index (χ0) is 15.6. The highest BCUT2D eigenvalue weighted by molar-refractivity contribution is 9.10. The van der Waals surface area contributed by atoms with Gasteiger partial charge in [0, 0.05) is 10.7 Å². The van der Waals surface area contributed by atoms with E-state index < -0.39 is 21.6 Å². The van der Waals surface area contributed by atoms with E-state index >= 15 is 0 Å². The van der Waals surface area contributed by atoms with Gasteiger partial charge < -0.3 is 5.32 Å². The highest BCUT2D eigenvalue weighted by atomic mass is 79.9. The maximum atomic E-state index is 13.0. The SMILES string of the molecule is CS(=O)(=O)c1ccc(NC(=O)c2ccc(F)cc2Br)cn1. The number of pyridine rings is 1. The monoisotopic (exact) mass is 372 g/mol. The average Bonchev–Trinajstić information content (AvgIpc) is 2.38. The summed E-state index contributed by atoms with van der Waals surface area (Å²) in [6.45, 7) is 0. The lowest BCUT2D eigenvalue weighted by molar-refractivity contribution is 0.102. The van der Waals surface area contributed by atoms with E-state index in [0.29, 0.717) is 10.2 Å². The van der Waals surface area contributed by atoms with Gasteiger partial charge in [0.25, 0.3) is 5.91 Å². The lowest BCUT2D eigenvalue weighted by atomic mass is 10.2. The van der Waals surface area contributed by atoms with Gasteiger partial charge in [0.1, 0.15) is 5.82 Å². The maximum absolute atomic E-state index is 13.0. The molecule has 5 nitrogen and oxygen atoms in total. The molecule has 1 N–H and O–H groups in total. The Kier molecular flexibility index (Phi) is 4.38. The molecule has 1 aromatic carbocycles. The number of carbonyl (C=O) groups is 1. The minimum absolute atomic E-state index is 0.0801. The van der Waals surface area contributed by atoms with E-state index in [1.165, 1.54) is 36.5 Å². The predicted octanol–water partition coefficient (Wildman–Crippen LogP) is 2.64. The minimum Gasteiger partial charge on any atom is -0.321 e. The molecular formula is C13H10BrFN2O3S. The molecule has 21 heavy (non-hydrogen) atoms. The van der Waals surface area contributed by atoms with E-state index in [9.17, 15) is 17.6 Å². The molecule has 1 heterocycles. The summed E-state index contributed by atoms with van der Waals surface area (Å²) in [4.78, 5) is 15.8. The standard InChI is InChI=1S/C13H10BrFN2O3S/c1-21(19,20)12-5-3-9(7-16-12)17-13(18)10-4-2-8(15)6-11(10)14/h2-7H,1H3,(H,17,18). The minimum atomic E-state index is -3.38. The van der Waals surface area contributed by atoms with Crippen molar-refractivity contribution in [2.45, 2.75) is 5.03 Å². The molecule has 2 rings (SSSR count). The van der Waals surface area contributed by atoms with Crippen LogP contribution in [0.3, 0.4) is 0 Å². The molecule has 0 unspecified atom stereocenters. The van der Waals surface area contributed by atoms with Crippen molar-refractivity contribution in [1.82, 2.24) is 4.98 Å². The predicted molar refractivity (Wildman–Crippen MR) is 79.4 cm³/mol. The number of hydrogen-bond acceptors (Lipinski definition) is 4. The number of amides is 1. The third kappa shape index (κ3) is 3.85. The van der Waals surface area contributed by atoms with Crippen LogP contribution in [0.2, 0.25) is 0 Å². The summed E-state index contributed by atoms with van der Waals surface area (Å²) in [6.07, 6.45) is 2.29. The van der Waals surface area contributed by atoms with Gasteiger partial charge in [-0.25, -0.2) is 17.8 Å². The molecule has 0 saturated heterocycles. The van der Waals surface area contributed by atoms with E-state index in [4.69, 9.17) is 0 Å². The van der Waals surface area contributed by atoms with Crippen LogP contribution in [0.4, 0.5) is 10.1 Å². The molecule has 8 heteroatoms. The van der Waals surface area contributed by atoms with Gasteiger partial charge in [0.2, 0.25) is 0 Å². The number of benzene rings is 1. The van der Waals surface area contributed by atoms with Crippen LogP contribution in [0.1, 0.15) is 10.4 Å². The van der Waals surface area contributed by atoms with Crippen molar-refractivity contribution < 1.29 is 17.6 Å². The maximum Gasteiger partial charge on any atom is 0.256 e. The van der Waals surface area contributed by atoms with Crippen molar-refractivity contribution in [3.63, 3.8) is 0 Å². The number of carbonyl (C=O) groups excluding carboxylic acids is 1. The summed E-state index contributed by atoms with van der Waals surface area (Å²) in [6, 6.07) is 6.42. The van der Waals surface area contributed by atoms with Crippen molar-refractivity contribution in [1.29, 1.82) is 0 Å². The van der Waals surface area contributed by atoms with Crippen LogP contribution in [-0.2, 0) is 9.84 Å². The van der Waals surface area contributed by atoms with Gasteiger partial charge in [-0.15, -0.1) is 0 Å². The number of rotatable bonds is 3. The Morgan fingerprint density at radius 1 is 1.29 bits per heavy atom. The normalized spacial score (nSPS) is 11.2. The van der Waals surface area contributed by atoms with E-state index in [-0.39, 0.29) is 10.6 Å². The number of aromatic nitrogens is 1. The zero-order valence-electron chi connectivity index (χ0n) is 10.8. The van der Waals surface area contributed by atoms with E-state index in [1.54, 1.807) is 0 Å². The Balaban J connectivity index is 2.20. The first-order valence-electron chi connectivity index (χ1n) is 5.70. The molecule has 0 aliphatic carbocycles. The quantitative estimate of drug-likeness (QED) is 0.898. The van der Waals surface area contributed by atoms with Crippen LogP contribution in [-0.4, -0.2) is 25.6 Å². The number of sulfone groups is 1. The molecule has 0 saturated carbocycles. The van der Waals surface area contributed by atoms with Crippen LogP contribution in [0, 0.1) is 5.82 Å². The van der Waals surface area contributed by atoms with Gasteiger partial charge in [-0.1, -0.05) is 0 Å². The van der Waals surface area contributed by atoms with Gasteiger partial charge in [-0.2, -0.15) is 0 Å². The largest absolute Gasteiger partial charge is 0.321 e. The smallest absolute Gasteiger partial charge is 0.256 e. The van der Waals surface area contributed by atoms with Crippen LogP contribution >= 0.6 is 15.9 Å². The molecular weight excluding hydrogens is 363 g/mol. The lowest BCUT2D eigenvalue weighted by Crippen LogP contribution is -2.13. The third-order valence-corrected chi connectivity index (χ3v) is 4.21. The molecule has 0 spiro atoms. The Bertz CT molecular complexity index is 792. The number of nitrogens with zero attached hydrogens (tertiary/aromatic N) is 1. The summed E-state index contributed by atoms with van der Waals surface area (Å²) in [5, 5.41) is 2.47. The second-order valence-electron chi connectivity index (χ2n) is 4.24. The van der Waals surface area contributed by atoms with E-state index in [1.807, 2.05) is 0 Å². The summed E-state index contributed by atoms with van der Waals surface area (Å²) in [5.41, 5.74) is 0.590. The first-order chi connectivity index (χ1) is 9.77. The van der Waals surface area contributed by atoms with Crippen molar-refractivity contribution in [3.05, 3.63) is 52.4 Å². The second kappa shape index (κ2) is 5.90. The van der Waals surface area contributed by atoms with Crippen molar-refractivity contribution in [2.24, 2.45) is 0 Å². The van der Waals surface area contributed by atoms with Gasteiger partial charge in [-0.3, -0.25) is 4.79 Å².